The van der Waals surface area contributed by atoms with Crippen molar-refractivity contribution in [2.45, 2.75) is 13.5 Å². The summed E-state index contributed by atoms with van der Waals surface area (Å²) < 4.78 is 4.85. The van der Waals surface area contributed by atoms with E-state index in [2.05, 4.69) is 15.0 Å². The number of aliphatic hydroxyl groups excluding tert-OH is 1. The second-order valence-electron chi connectivity index (χ2n) is 3.47. The molecule has 5 nitrogen and oxygen atoms in total. The second-order valence-corrected chi connectivity index (χ2v) is 3.47. The van der Waals surface area contributed by atoms with Gasteiger partial charge in [0.1, 0.15) is 0 Å². The van der Waals surface area contributed by atoms with E-state index in [1.807, 2.05) is 0 Å². The molecule has 0 radical (unpaired) electrons. The van der Waals surface area contributed by atoms with Crippen LogP contribution in [0, 0.1) is 12.8 Å². The van der Waals surface area contributed by atoms with Gasteiger partial charge in [0, 0.05) is 32.5 Å². The van der Waals surface area contributed by atoms with E-state index in [1.165, 1.54) is 0 Å². The van der Waals surface area contributed by atoms with Crippen LogP contribution in [-0.2, 0) is 6.54 Å². The Morgan fingerprint density at radius 2 is 2.38 bits per heavy atom. The van der Waals surface area contributed by atoms with Crippen LogP contribution in [0.5, 0.6) is 0 Å². The van der Waals surface area contributed by atoms with Gasteiger partial charge in [-0.25, -0.2) is 0 Å². The first-order valence-corrected chi connectivity index (χ1v) is 4.40. The highest BCUT2D eigenvalue weighted by molar-refractivity contribution is 4.88. The summed E-state index contributed by atoms with van der Waals surface area (Å²) in [6, 6.07) is 0. The van der Waals surface area contributed by atoms with Crippen LogP contribution >= 0.6 is 0 Å². The number of likely N-dealkylation sites (tertiary alicyclic amines) is 1. The molecule has 0 amide bonds. The lowest BCUT2D eigenvalue weighted by Gasteiger charge is -2.37. The first kappa shape index (κ1) is 8.65. The number of nitrogens with zero attached hydrogens (tertiary/aromatic N) is 3. The molecule has 1 saturated heterocycles. The summed E-state index contributed by atoms with van der Waals surface area (Å²) in [6.45, 7) is 4.66. The zero-order chi connectivity index (χ0) is 9.26. The van der Waals surface area contributed by atoms with Gasteiger partial charge in [-0.1, -0.05) is 5.16 Å². The molecule has 1 fully saturated rings. The zero-order valence-electron chi connectivity index (χ0n) is 7.60. The monoisotopic (exact) mass is 183 g/mol. The van der Waals surface area contributed by atoms with Crippen molar-refractivity contribution < 1.29 is 9.63 Å². The molecule has 0 saturated carbocycles. The number of hydrogen-bond donors (Lipinski definition) is 1. The molecule has 0 aromatic carbocycles. The SMILES string of the molecule is Cc1nc(CN2CC(CO)C2)no1. The van der Waals surface area contributed by atoms with Crippen LogP contribution in [0.15, 0.2) is 4.52 Å². The van der Waals surface area contributed by atoms with Gasteiger partial charge in [0.05, 0.1) is 6.54 Å². The predicted molar refractivity (Wildman–Crippen MR) is 44.9 cm³/mol. The Labute approximate surface area is 76.4 Å². The Morgan fingerprint density at radius 3 is 2.92 bits per heavy atom. The highest BCUT2D eigenvalue weighted by Crippen LogP contribution is 2.16. The van der Waals surface area contributed by atoms with Gasteiger partial charge < -0.3 is 9.63 Å². The number of aliphatic hydroxyl groups is 1. The third-order valence-corrected chi connectivity index (χ3v) is 2.23. The molecule has 1 N–H and O–H groups in total. The average molecular weight is 183 g/mol. The van der Waals surface area contributed by atoms with Gasteiger partial charge in [-0.15, -0.1) is 0 Å². The molecule has 5 heteroatoms. The van der Waals surface area contributed by atoms with Crippen LogP contribution in [0.4, 0.5) is 0 Å². The van der Waals surface area contributed by atoms with Gasteiger partial charge in [-0.05, 0) is 0 Å². The fourth-order valence-corrected chi connectivity index (χ4v) is 1.53. The molecule has 1 aromatic heterocycles. The van der Waals surface area contributed by atoms with Crippen LogP contribution in [-0.4, -0.2) is 39.8 Å². The molecule has 0 atom stereocenters. The first-order valence-electron chi connectivity index (χ1n) is 4.40. The highest BCUT2D eigenvalue weighted by Gasteiger charge is 2.26. The van der Waals surface area contributed by atoms with E-state index < -0.39 is 0 Å². The lowest BCUT2D eigenvalue weighted by Crippen LogP contribution is -2.47. The summed E-state index contributed by atoms with van der Waals surface area (Å²) >= 11 is 0. The van der Waals surface area contributed by atoms with E-state index in [4.69, 9.17) is 9.63 Å². The smallest absolute Gasteiger partial charge is 0.223 e. The number of hydrogen-bond acceptors (Lipinski definition) is 5. The van der Waals surface area contributed by atoms with E-state index in [0.29, 0.717) is 11.8 Å². The molecule has 13 heavy (non-hydrogen) atoms. The summed E-state index contributed by atoms with van der Waals surface area (Å²) in [5.41, 5.74) is 0. The van der Waals surface area contributed by atoms with Crippen LogP contribution in [0.1, 0.15) is 11.7 Å². The number of aromatic nitrogens is 2. The van der Waals surface area contributed by atoms with Crippen molar-refractivity contribution in [3.63, 3.8) is 0 Å². The van der Waals surface area contributed by atoms with Crippen LogP contribution in [0.2, 0.25) is 0 Å². The van der Waals surface area contributed by atoms with E-state index in [-0.39, 0.29) is 6.61 Å². The van der Waals surface area contributed by atoms with Gasteiger partial charge in [0.2, 0.25) is 5.89 Å². The summed E-state index contributed by atoms with van der Waals surface area (Å²) in [6.07, 6.45) is 0. The van der Waals surface area contributed by atoms with Gasteiger partial charge in [-0.3, -0.25) is 4.90 Å². The van der Waals surface area contributed by atoms with E-state index in [9.17, 15) is 0 Å². The summed E-state index contributed by atoms with van der Waals surface area (Å²) in [7, 11) is 0. The largest absolute Gasteiger partial charge is 0.396 e. The molecular weight excluding hydrogens is 170 g/mol. The van der Waals surface area contributed by atoms with Gasteiger partial charge in [-0.2, -0.15) is 4.98 Å². The fraction of sp³-hybridized carbons (Fsp3) is 0.750. The molecule has 72 valence electrons. The standard InChI is InChI=1S/C8H13N3O2/c1-6-9-8(10-13-6)4-11-2-7(3-11)5-12/h7,12H,2-5H2,1H3. The van der Waals surface area contributed by atoms with E-state index in [0.717, 1.165) is 25.5 Å². The highest BCUT2D eigenvalue weighted by atomic mass is 16.5. The molecule has 2 heterocycles. The molecule has 0 aliphatic carbocycles. The Bertz CT molecular complexity index is 281. The predicted octanol–water partition coefficient (Wildman–Crippen LogP) is -0.198. The topological polar surface area (TPSA) is 62.4 Å². The molecule has 0 bridgehead atoms. The molecule has 2 rings (SSSR count). The Kier molecular flexibility index (Phi) is 2.28. The molecule has 1 aliphatic rings. The summed E-state index contributed by atoms with van der Waals surface area (Å²) in [5, 5.41) is 12.6. The summed E-state index contributed by atoms with van der Waals surface area (Å²) in [5.74, 6) is 1.77. The molecule has 1 aliphatic heterocycles. The van der Waals surface area contributed by atoms with Crippen molar-refractivity contribution in [3.8, 4) is 0 Å². The minimum Gasteiger partial charge on any atom is -0.396 e. The summed E-state index contributed by atoms with van der Waals surface area (Å²) in [4.78, 5) is 6.29. The Hall–Kier alpha value is -0.940. The van der Waals surface area contributed by atoms with Crippen LogP contribution in [0.25, 0.3) is 0 Å². The molecule has 0 unspecified atom stereocenters. The third-order valence-electron chi connectivity index (χ3n) is 2.23. The molecule has 0 spiro atoms. The molecule has 1 aromatic rings. The minimum atomic E-state index is 0.280. The van der Waals surface area contributed by atoms with E-state index >= 15 is 0 Å². The van der Waals surface area contributed by atoms with Crippen LogP contribution < -0.4 is 0 Å². The number of aryl methyl sites for hydroxylation is 1. The normalized spacial score (nSPS) is 18.9. The fourth-order valence-electron chi connectivity index (χ4n) is 1.53. The van der Waals surface area contributed by atoms with Crippen LogP contribution in [0.3, 0.4) is 0 Å². The maximum Gasteiger partial charge on any atom is 0.223 e. The van der Waals surface area contributed by atoms with Crippen molar-refractivity contribution in [1.29, 1.82) is 0 Å². The van der Waals surface area contributed by atoms with Crippen molar-refractivity contribution in [2.24, 2.45) is 5.92 Å². The van der Waals surface area contributed by atoms with Crippen molar-refractivity contribution in [1.82, 2.24) is 15.0 Å². The quantitative estimate of drug-likeness (QED) is 0.703. The zero-order valence-corrected chi connectivity index (χ0v) is 7.60. The Balaban J connectivity index is 1.81. The lowest BCUT2D eigenvalue weighted by molar-refractivity contribution is 0.0454. The second kappa shape index (κ2) is 3.43. The third kappa shape index (κ3) is 1.87. The molecular formula is C8H13N3O2. The minimum absolute atomic E-state index is 0.280. The lowest BCUT2D eigenvalue weighted by atomic mass is 10.0. The van der Waals surface area contributed by atoms with Gasteiger partial charge in [0.15, 0.2) is 5.82 Å². The maximum absolute atomic E-state index is 8.80. The average Bonchev–Trinajstić information content (AvgIpc) is 2.43. The number of rotatable bonds is 3. The van der Waals surface area contributed by atoms with Crippen molar-refractivity contribution in [2.75, 3.05) is 19.7 Å². The van der Waals surface area contributed by atoms with E-state index in [1.54, 1.807) is 6.92 Å². The van der Waals surface area contributed by atoms with Gasteiger partial charge in [0.25, 0.3) is 0 Å². The van der Waals surface area contributed by atoms with Gasteiger partial charge >= 0.3 is 0 Å². The first-order chi connectivity index (χ1) is 6.28. The van der Waals surface area contributed by atoms with Crippen molar-refractivity contribution >= 4 is 0 Å². The maximum atomic E-state index is 8.80. The Morgan fingerprint density at radius 1 is 1.62 bits per heavy atom. The van der Waals surface area contributed by atoms with Crippen molar-refractivity contribution in [3.05, 3.63) is 11.7 Å².